The Hall–Kier alpha value is -1.36. The van der Waals surface area contributed by atoms with E-state index in [-0.39, 0.29) is 6.42 Å². The van der Waals surface area contributed by atoms with Crippen molar-refractivity contribution in [2.45, 2.75) is 75.8 Å². The molecule has 0 spiro atoms. The fourth-order valence-corrected chi connectivity index (χ4v) is 3.38. The van der Waals surface area contributed by atoms with Crippen molar-refractivity contribution < 1.29 is 39.3 Å². The third-order valence-corrected chi connectivity index (χ3v) is 5.53. The Kier molecular flexibility index (Phi) is 5.13. The summed E-state index contributed by atoms with van der Waals surface area (Å²) in [6.45, 7) is 7.19. The summed E-state index contributed by atoms with van der Waals surface area (Å²) in [4.78, 5) is 23.2. The minimum absolute atomic E-state index is 0.0843. The number of likely N-dealkylation sites (tertiary alicyclic amines) is 1. The lowest BCUT2D eigenvalue weighted by atomic mass is 9.78. The minimum atomic E-state index is -2.05. The molecule has 2 heterocycles. The van der Waals surface area contributed by atoms with E-state index in [1.807, 2.05) is 27.7 Å². The quantitative estimate of drug-likeness (QED) is 0.518. The normalized spacial score (nSPS) is 33.7. The highest BCUT2D eigenvalue weighted by Gasteiger charge is 2.58. The van der Waals surface area contributed by atoms with Crippen LogP contribution in [0.5, 0.6) is 0 Å². The van der Waals surface area contributed by atoms with Gasteiger partial charge >= 0.3 is 19.2 Å². The van der Waals surface area contributed by atoms with Crippen molar-refractivity contribution in [3.63, 3.8) is 0 Å². The first-order valence-corrected chi connectivity index (χ1v) is 8.30. The summed E-state index contributed by atoms with van der Waals surface area (Å²) in [5, 5.41) is 39.1. The second kappa shape index (κ2) is 6.42. The number of nitrogens with zero attached hydrogens (tertiary/aromatic N) is 1. The van der Waals surface area contributed by atoms with Crippen molar-refractivity contribution in [3.05, 3.63) is 0 Å². The van der Waals surface area contributed by atoms with Gasteiger partial charge in [0.25, 0.3) is 0 Å². The number of aliphatic hydroxyl groups is 2. The Bertz CT molecular complexity index is 538. The third kappa shape index (κ3) is 3.48. The number of aliphatic hydroxyl groups excluding tert-OH is 1. The Labute approximate surface area is 146 Å². The molecule has 10 heteroatoms. The fraction of sp³-hybridized carbons (Fsp3) is 0.867. The van der Waals surface area contributed by atoms with Gasteiger partial charge in [-0.25, -0.2) is 9.59 Å². The molecule has 0 aromatic carbocycles. The molecular weight excluding hydrogens is 333 g/mol. The number of carbonyl (C=O) groups is 2. The van der Waals surface area contributed by atoms with Crippen LogP contribution in [-0.2, 0) is 14.1 Å². The van der Waals surface area contributed by atoms with Crippen LogP contribution in [0.3, 0.4) is 0 Å². The molecule has 0 radical (unpaired) electrons. The molecule has 2 rings (SSSR count). The Morgan fingerprint density at radius 3 is 2.12 bits per heavy atom. The summed E-state index contributed by atoms with van der Waals surface area (Å²) < 4.78 is 11.7. The van der Waals surface area contributed by atoms with Crippen molar-refractivity contribution in [2.24, 2.45) is 0 Å². The molecule has 2 aliphatic heterocycles. The highest BCUT2D eigenvalue weighted by molar-refractivity contribution is 6.45. The SMILES string of the molecule is CC1(C)OB(CCC[C@]2(O)[C@@H](O)CN(C(=O)O)[C@@H]2C(=O)O)OC1(C)C. The van der Waals surface area contributed by atoms with Crippen LogP contribution in [0.4, 0.5) is 4.79 Å². The predicted octanol–water partition coefficient (Wildman–Crippen LogP) is 0.398. The molecule has 2 saturated heterocycles. The Balaban J connectivity index is 2.01. The number of β-amino-alcohol motifs (C(OH)–C–C–N with tert-alkyl or cyclic N) is 1. The van der Waals surface area contributed by atoms with Gasteiger partial charge in [0.05, 0.1) is 17.7 Å². The van der Waals surface area contributed by atoms with Crippen LogP contribution in [0, 0.1) is 0 Å². The van der Waals surface area contributed by atoms with Gasteiger partial charge in [-0.05, 0) is 40.4 Å². The molecule has 0 saturated carbocycles. The summed E-state index contributed by atoms with van der Waals surface area (Å²) in [6.07, 6.45) is -2.35. The average Bonchev–Trinajstić information content (AvgIpc) is 2.81. The highest BCUT2D eigenvalue weighted by atomic mass is 16.7. The van der Waals surface area contributed by atoms with E-state index in [4.69, 9.17) is 14.4 Å². The molecule has 142 valence electrons. The van der Waals surface area contributed by atoms with Crippen LogP contribution in [0.25, 0.3) is 0 Å². The number of hydrogen-bond donors (Lipinski definition) is 4. The molecule has 3 atom stereocenters. The number of carboxylic acids is 1. The minimum Gasteiger partial charge on any atom is -0.480 e. The smallest absolute Gasteiger partial charge is 0.457 e. The zero-order chi connectivity index (χ0) is 19.2. The van der Waals surface area contributed by atoms with Crippen molar-refractivity contribution in [1.29, 1.82) is 0 Å². The maximum atomic E-state index is 11.4. The highest BCUT2D eigenvalue weighted by Crippen LogP contribution is 2.39. The first-order chi connectivity index (χ1) is 11.3. The largest absolute Gasteiger partial charge is 0.480 e. The number of rotatable bonds is 5. The van der Waals surface area contributed by atoms with Gasteiger partial charge in [-0.2, -0.15) is 0 Å². The number of aliphatic carboxylic acids is 1. The van der Waals surface area contributed by atoms with Gasteiger partial charge < -0.3 is 29.7 Å². The van der Waals surface area contributed by atoms with Crippen molar-refractivity contribution >= 4 is 19.2 Å². The van der Waals surface area contributed by atoms with Gasteiger partial charge in [-0.1, -0.05) is 6.42 Å². The van der Waals surface area contributed by atoms with Gasteiger partial charge in [0.15, 0.2) is 6.04 Å². The van der Waals surface area contributed by atoms with E-state index in [1.54, 1.807) is 0 Å². The molecule has 2 aliphatic rings. The summed E-state index contributed by atoms with van der Waals surface area (Å²) in [7, 11) is -0.508. The summed E-state index contributed by atoms with van der Waals surface area (Å²) in [5.74, 6) is -1.49. The van der Waals surface area contributed by atoms with Crippen LogP contribution in [0.2, 0.25) is 6.32 Å². The summed E-state index contributed by atoms with van der Waals surface area (Å²) in [5.41, 5.74) is -3.04. The molecule has 0 aromatic rings. The van der Waals surface area contributed by atoms with Gasteiger partial charge in [-0.3, -0.25) is 4.90 Å². The molecule has 2 fully saturated rings. The fourth-order valence-electron chi connectivity index (χ4n) is 3.38. The van der Waals surface area contributed by atoms with Crippen LogP contribution in [0.15, 0.2) is 0 Å². The standard InChI is InChI=1S/C15H26BNO8/c1-13(2)14(3,4)25-16(24-13)7-5-6-15(23)9(18)8-17(12(21)22)10(15)11(19)20/h9-10,18,23H,5-8H2,1-4H3,(H,19,20)(H,21,22)/t9-,10+,15-/m0/s1. The molecule has 9 nitrogen and oxygen atoms in total. The Morgan fingerprint density at radius 2 is 1.68 bits per heavy atom. The van der Waals surface area contributed by atoms with E-state index >= 15 is 0 Å². The Morgan fingerprint density at radius 1 is 1.16 bits per heavy atom. The van der Waals surface area contributed by atoms with Crippen LogP contribution >= 0.6 is 0 Å². The van der Waals surface area contributed by atoms with E-state index in [1.165, 1.54) is 0 Å². The topological polar surface area (TPSA) is 137 Å². The molecule has 0 aliphatic carbocycles. The number of carboxylic acid groups (broad SMARTS) is 2. The van der Waals surface area contributed by atoms with Crippen LogP contribution in [0.1, 0.15) is 40.5 Å². The van der Waals surface area contributed by atoms with E-state index in [9.17, 15) is 24.9 Å². The lowest BCUT2D eigenvalue weighted by Crippen LogP contribution is -2.54. The molecule has 25 heavy (non-hydrogen) atoms. The second-order valence-corrected chi connectivity index (χ2v) is 7.76. The van der Waals surface area contributed by atoms with E-state index in [0.29, 0.717) is 17.6 Å². The monoisotopic (exact) mass is 359 g/mol. The second-order valence-electron chi connectivity index (χ2n) is 7.76. The first-order valence-electron chi connectivity index (χ1n) is 8.30. The lowest BCUT2D eigenvalue weighted by Gasteiger charge is -2.32. The molecule has 4 N–H and O–H groups in total. The van der Waals surface area contributed by atoms with Crippen LogP contribution < -0.4 is 0 Å². The third-order valence-electron chi connectivity index (χ3n) is 5.53. The number of hydrogen-bond acceptors (Lipinski definition) is 6. The zero-order valence-corrected chi connectivity index (χ0v) is 14.9. The maximum Gasteiger partial charge on any atom is 0.457 e. The van der Waals surface area contributed by atoms with Crippen molar-refractivity contribution in [3.8, 4) is 0 Å². The van der Waals surface area contributed by atoms with Crippen LogP contribution in [-0.4, -0.2) is 80.0 Å². The zero-order valence-electron chi connectivity index (χ0n) is 14.9. The molecule has 0 bridgehead atoms. The predicted molar refractivity (Wildman–Crippen MR) is 87.2 cm³/mol. The first kappa shape index (κ1) is 20.0. The molecule has 1 amide bonds. The van der Waals surface area contributed by atoms with Gasteiger partial charge in [0, 0.05) is 0 Å². The summed E-state index contributed by atoms with van der Waals surface area (Å²) >= 11 is 0. The van der Waals surface area contributed by atoms with E-state index < -0.39 is 54.7 Å². The van der Waals surface area contributed by atoms with Gasteiger partial charge in [0.2, 0.25) is 0 Å². The van der Waals surface area contributed by atoms with Crippen molar-refractivity contribution in [1.82, 2.24) is 4.90 Å². The number of amides is 1. The average molecular weight is 359 g/mol. The summed E-state index contributed by atoms with van der Waals surface area (Å²) in [6, 6.07) is -1.71. The van der Waals surface area contributed by atoms with Gasteiger partial charge in [0.1, 0.15) is 11.7 Å². The molecular formula is C15H26BNO8. The maximum absolute atomic E-state index is 11.4. The lowest BCUT2D eigenvalue weighted by molar-refractivity contribution is -0.153. The molecule has 0 aromatic heterocycles. The van der Waals surface area contributed by atoms with E-state index in [0.717, 1.165) is 0 Å². The van der Waals surface area contributed by atoms with Gasteiger partial charge in [-0.15, -0.1) is 0 Å². The van der Waals surface area contributed by atoms with E-state index in [2.05, 4.69) is 0 Å². The molecule has 0 unspecified atom stereocenters. The van der Waals surface area contributed by atoms with Crippen molar-refractivity contribution in [2.75, 3.05) is 6.54 Å².